The van der Waals surface area contributed by atoms with E-state index in [2.05, 4.69) is 112 Å². The van der Waals surface area contributed by atoms with Crippen LogP contribution in [0.25, 0.3) is 11.5 Å². The summed E-state index contributed by atoms with van der Waals surface area (Å²) in [5.74, 6) is 1.97. The molecule has 2 aromatic rings. The van der Waals surface area contributed by atoms with Gasteiger partial charge in [-0.1, -0.05) is 91.8 Å². The van der Waals surface area contributed by atoms with Crippen LogP contribution in [-0.2, 0) is 25.8 Å². The molecule has 4 rings (SSSR count). The molecule has 2 fully saturated rings. The minimum Gasteiger partial charge on any atom is -0.645 e. The Balaban J connectivity index is 0.000000253. The number of anilines is 2. The Morgan fingerprint density at radius 1 is 0.595 bits per heavy atom. The number of nitrogens with zero attached hydrogens (tertiary/aromatic N) is 2. The molecule has 204 valence electrons. The van der Waals surface area contributed by atoms with Crippen molar-refractivity contribution in [2.75, 3.05) is 36.0 Å². The van der Waals surface area contributed by atoms with Crippen molar-refractivity contribution in [2.45, 2.75) is 91.6 Å². The van der Waals surface area contributed by atoms with Crippen LogP contribution < -0.4 is 20.4 Å². The quantitative estimate of drug-likeness (QED) is 0.315. The average molecular weight is 671 g/mol. The summed E-state index contributed by atoms with van der Waals surface area (Å²) in [6, 6.07) is 13.1. The summed E-state index contributed by atoms with van der Waals surface area (Å²) in [5.41, 5.74) is 24.3. The van der Waals surface area contributed by atoms with Crippen molar-refractivity contribution >= 4 is 11.4 Å². The van der Waals surface area contributed by atoms with Gasteiger partial charge in [0.15, 0.2) is 0 Å². The third kappa shape index (κ3) is 7.45. The Bertz CT molecular complexity index is 858. The summed E-state index contributed by atoms with van der Waals surface area (Å²) in [4.78, 5) is 4.40. The first-order chi connectivity index (χ1) is 17.0. The fourth-order valence-electron chi connectivity index (χ4n) is 5.29. The Labute approximate surface area is 244 Å². The largest absolute Gasteiger partial charge is 0.645 e. The second-order valence-corrected chi connectivity index (χ2v) is 11.3. The predicted molar refractivity (Wildman–Crippen MR) is 156 cm³/mol. The molecular formula is C30H48HfN6-2. The SMILES string of the molecule is CC(C)c1cccc(C(C)C)c1N1CCNC1[NH-].CC(C)c1cccc(C(C)C)c1N1CCNC1[NH-].[Hf]. The first-order valence-corrected chi connectivity index (χ1v) is 13.7. The summed E-state index contributed by atoms with van der Waals surface area (Å²) in [6.07, 6.45) is -0.607. The van der Waals surface area contributed by atoms with Gasteiger partial charge < -0.3 is 31.9 Å². The molecule has 0 radical (unpaired) electrons. The molecule has 0 bridgehead atoms. The molecule has 0 amide bonds. The van der Waals surface area contributed by atoms with Gasteiger partial charge >= 0.3 is 0 Å². The van der Waals surface area contributed by atoms with Gasteiger partial charge in [0, 0.05) is 63.4 Å². The molecule has 37 heavy (non-hydrogen) atoms. The van der Waals surface area contributed by atoms with Gasteiger partial charge in [-0.15, -0.1) is 0 Å². The van der Waals surface area contributed by atoms with Crippen molar-refractivity contribution in [1.29, 1.82) is 0 Å². The van der Waals surface area contributed by atoms with Gasteiger partial charge in [-0.3, -0.25) is 0 Å². The molecule has 4 N–H and O–H groups in total. The molecule has 0 saturated carbocycles. The molecule has 0 aliphatic carbocycles. The Hall–Kier alpha value is -1.25. The molecule has 2 aliphatic rings. The van der Waals surface area contributed by atoms with Gasteiger partial charge in [0.2, 0.25) is 0 Å². The van der Waals surface area contributed by atoms with Crippen molar-refractivity contribution in [1.82, 2.24) is 10.6 Å². The molecule has 2 aliphatic heterocycles. The molecule has 7 heteroatoms. The summed E-state index contributed by atoms with van der Waals surface area (Å²) in [5, 5.41) is 6.39. The van der Waals surface area contributed by atoms with Gasteiger partial charge in [0.05, 0.1) is 0 Å². The second-order valence-electron chi connectivity index (χ2n) is 11.3. The molecule has 2 saturated heterocycles. The zero-order valence-corrected chi connectivity index (χ0v) is 27.7. The van der Waals surface area contributed by atoms with Crippen LogP contribution >= 0.6 is 0 Å². The zero-order valence-electron chi connectivity index (χ0n) is 24.2. The zero-order chi connectivity index (χ0) is 26.6. The molecule has 2 heterocycles. The number of benzene rings is 2. The van der Waals surface area contributed by atoms with E-state index in [4.69, 9.17) is 11.5 Å². The van der Waals surface area contributed by atoms with Gasteiger partial charge in [0.25, 0.3) is 0 Å². The van der Waals surface area contributed by atoms with Gasteiger partial charge in [-0.05, 0) is 58.5 Å². The van der Waals surface area contributed by atoms with E-state index in [0.717, 1.165) is 26.2 Å². The van der Waals surface area contributed by atoms with Crippen LogP contribution in [0.4, 0.5) is 11.4 Å². The molecule has 0 aromatic heterocycles. The van der Waals surface area contributed by atoms with E-state index in [1.165, 1.54) is 33.6 Å². The van der Waals surface area contributed by atoms with Gasteiger partial charge in [0.1, 0.15) is 0 Å². The number of hydrogen-bond donors (Lipinski definition) is 2. The Morgan fingerprint density at radius 2 is 0.865 bits per heavy atom. The van der Waals surface area contributed by atoms with Crippen LogP contribution in [0.15, 0.2) is 36.4 Å². The van der Waals surface area contributed by atoms with Crippen LogP contribution in [0.2, 0.25) is 0 Å². The van der Waals surface area contributed by atoms with Crippen molar-refractivity contribution < 1.29 is 25.8 Å². The standard InChI is InChI=1S/2C15H24N3.Hf/c2*1-10(2)12-6-5-7-13(11(3)4)14(12)18-9-8-17-15(18)16;/h2*5-7,10-11,15-17H,8-9H2,1-4H3;/q2*-1;. The molecule has 2 aromatic carbocycles. The maximum absolute atomic E-state index is 8.12. The number of para-hydroxylation sites is 2. The molecule has 2 unspecified atom stereocenters. The second kappa shape index (κ2) is 14.2. The third-order valence-corrected chi connectivity index (χ3v) is 7.26. The van der Waals surface area contributed by atoms with Crippen LogP contribution in [-0.4, -0.2) is 38.8 Å². The topological polar surface area (TPSA) is 78.1 Å². The van der Waals surface area contributed by atoms with Gasteiger partial charge in [-0.2, -0.15) is 0 Å². The molecule has 0 spiro atoms. The van der Waals surface area contributed by atoms with E-state index in [0.29, 0.717) is 23.7 Å². The molecule has 6 nitrogen and oxygen atoms in total. The third-order valence-electron chi connectivity index (χ3n) is 7.26. The summed E-state index contributed by atoms with van der Waals surface area (Å²) >= 11 is 0. The average Bonchev–Trinajstić information content (AvgIpc) is 3.45. The minimum atomic E-state index is -0.303. The van der Waals surface area contributed by atoms with Crippen LogP contribution in [0.5, 0.6) is 0 Å². The minimum absolute atomic E-state index is 0. The Kier molecular flexibility index (Phi) is 12.3. The first kappa shape index (κ1) is 32.0. The fraction of sp³-hybridized carbons (Fsp3) is 0.600. The van der Waals surface area contributed by atoms with Crippen molar-refractivity contribution in [3.05, 3.63) is 70.1 Å². The normalized spacial score (nSPS) is 19.6. The van der Waals surface area contributed by atoms with Crippen molar-refractivity contribution in [3.8, 4) is 0 Å². The van der Waals surface area contributed by atoms with Crippen molar-refractivity contribution in [2.24, 2.45) is 0 Å². The smallest absolute Gasteiger partial charge is 0.0434 e. The van der Waals surface area contributed by atoms with Crippen LogP contribution in [0.3, 0.4) is 0 Å². The van der Waals surface area contributed by atoms with E-state index >= 15 is 0 Å². The van der Waals surface area contributed by atoms with Crippen LogP contribution in [0, 0.1) is 0 Å². The summed E-state index contributed by atoms with van der Waals surface area (Å²) in [7, 11) is 0. The maximum Gasteiger partial charge on any atom is 0.0434 e. The molecule has 2 atom stereocenters. The monoisotopic (exact) mass is 672 g/mol. The van der Waals surface area contributed by atoms with E-state index in [1.807, 2.05) is 0 Å². The fourth-order valence-corrected chi connectivity index (χ4v) is 5.29. The Morgan fingerprint density at radius 3 is 1.05 bits per heavy atom. The first-order valence-electron chi connectivity index (χ1n) is 13.7. The van der Waals surface area contributed by atoms with Gasteiger partial charge in [-0.25, -0.2) is 0 Å². The predicted octanol–water partition coefficient (Wildman–Crippen LogP) is 7.36. The molecular weight excluding hydrogens is 623 g/mol. The summed E-state index contributed by atoms with van der Waals surface area (Å²) < 4.78 is 0. The van der Waals surface area contributed by atoms with Crippen LogP contribution in [0.1, 0.15) is 101 Å². The number of hydrogen-bond acceptors (Lipinski definition) is 4. The van der Waals surface area contributed by atoms with E-state index in [9.17, 15) is 0 Å². The van der Waals surface area contributed by atoms with E-state index in [-0.39, 0.29) is 38.4 Å². The van der Waals surface area contributed by atoms with Crippen molar-refractivity contribution in [3.63, 3.8) is 0 Å². The summed E-state index contributed by atoms with van der Waals surface area (Å²) in [6.45, 7) is 21.5. The van der Waals surface area contributed by atoms with E-state index < -0.39 is 0 Å². The maximum atomic E-state index is 8.12. The number of nitrogens with one attached hydrogen (secondary N) is 4. The van der Waals surface area contributed by atoms with E-state index in [1.54, 1.807) is 0 Å². The number of rotatable bonds is 6.